The Morgan fingerprint density at radius 3 is 2.38 bits per heavy atom. The fourth-order valence-corrected chi connectivity index (χ4v) is 4.21. The average Bonchev–Trinajstić information content (AvgIpc) is 3.21. The number of rotatable bonds is 5. The highest BCUT2D eigenvalue weighted by atomic mass is 35.5. The van der Waals surface area contributed by atoms with E-state index in [1.807, 2.05) is 17.0 Å². The second kappa shape index (κ2) is 8.52. The van der Waals surface area contributed by atoms with Crippen LogP contribution in [0, 0.1) is 0 Å². The summed E-state index contributed by atoms with van der Waals surface area (Å²) >= 11 is 5.88. The Morgan fingerprint density at radius 1 is 0.938 bits per heavy atom. The molecule has 0 spiro atoms. The van der Waals surface area contributed by atoms with Gasteiger partial charge in [0.2, 0.25) is 0 Å². The molecule has 32 heavy (non-hydrogen) atoms. The Bertz CT molecular complexity index is 1290. The zero-order chi connectivity index (χ0) is 22.1. The predicted octanol–water partition coefficient (Wildman–Crippen LogP) is 5.02. The van der Waals surface area contributed by atoms with Gasteiger partial charge in [-0.05, 0) is 54.6 Å². The SMILES string of the molecule is O=C(c1ccc(Cl)cc1)c1ccc(OCC(=O)N2CCc3[nH]c4ccccc4c3C2)cc1. The number of para-hydroxylation sites is 1. The molecule has 1 aromatic heterocycles. The first-order valence-electron chi connectivity index (χ1n) is 10.5. The lowest BCUT2D eigenvalue weighted by Gasteiger charge is -2.27. The summed E-state index contributed by atoms with van der Waals surface area (Å²) in [7, 11) is 0. The summed E-state index contributed by atoms with van der Waals surface area (Å²) in [5, 5.41) is 1.76. The number of H-pyrrole nitrogens is 1. The summed E-state index contributed by atoms with van der Waals surface area (Å²) < 4.78 is 5.71. The Morgan fingerprint density at radius 2 is 1.62 bits per heavy atom. The smallest absolute Gasteiger partial charge is 0.260 e. The molecule has 0 atom stereocenters. The molecule has 0 radical (unpaired) electrons. The molecule has 0 fully saturated rings. The standard InChI is InChI=1S/C26H21ClN2O3/c27-19-9-5-17(6-10-19)26(31)18-7-11-20(12-8-18)32-16-25(30)29-14-13-24-22(15-29)21-3-1-2-4-23(21)28-24/h1-12,28H,13-16H2. The average molecular weight is 445 g/mol. The van der Waals surface area contributed by atoms with Gasteiger partial charge in [0, 0.05) is 57.8 Å². The lowest BCUT2D eigenvalue weighted by Crippen LogP contribution is -2.38. The van der Waals surface area contributed by atoms with Crippen molar-refractivity contribution in [2.24, 2.45) is 0 Å². The number of nitrogens with one attached hydrogen (secondary N) is 1. The van der Waals surface area contributed by atoms with Gasteiger partial charge in [-0.15, -0.1) is 0 Å². The van der Waals surface area contributed by atoms with Gasteiger partial charge in [0.25, 0.3) is 5.91 Å². The molecule has 1 N–H and O–H groups in total. The van der Waals surface area contributed by atoms with Crippen molar-refractivity contribution in [3.63, 3.8) is 0 Å². The lowest BCUT2D eigenvalue weighted by molar-refractivity contribution is -0.134. The first-order valence-corrected chi connectivity index (χ1v) is 10.9. The number of ketones is 1. The van der Waals surface area contributed by atoms with E-state index >= 15 is 0 Å². The maximum absolute atomic E-state index is 12.8. The molecule has 0 saturated heterocycles. The molecule has 1 aliphatic rings. The number of fused-ring (bicyclic) bond motifs is 3. The normalized spacial score (nSPS) is 13.1. The van der Waals surface area contributed by atoms with Crippen LogP contribution in [-0.4, -0.2) is 34.7 Å². The molecular weight excluding hydrogens is 424 g/mol. The van der Waals surface area contributed by atoms with Crippen molar-refractivity contribution in [2.75, 3.05) is 13.2 Å². The molecule has 4 aromatic rings. The minimum atomic E-state index is -0.0906. The number of hydrogen-bond donors (Lipinski definition) is 1. The van der Waals surface area contributed by atoms with Crippen molar-refractivity contribution in [1.82, 2.24) is 9.88 Å². The second-order valence-corrected chi connectivity index (χ2v) is 8.28. The van der Waals surface area contributed by atoms with E-state index in [2.05, 4.69) is 17.1 Å². The number of nitrogens with zero attached hydrogens (tertiary/aromatic N) is 1. The summed E-state index contributed by atoms with van der Waals surface area (Å²) in [4.78, 5) is 30.6. The van der Waals surface area contributed by atoms with Gasteiger partial charge in [-0.3, -0.25) is 9.59 Å². The Kier molecular flexibility index (Phi) is 5.41. The van der Waals surface area contributed by atoms with E-state index in [0.717, 1.165) is 11.9 Å². The molecule has 1 amide bonds. The second-order valence-electron chi connectivity index (χ2n) is 7.84. The van der Waals surface area contributed by atoms with Crippen molar-refractivity contribution in [1.29, 1.82) is 0 Å². The zero-order valence-electron chi connectivity index (χ0n) is 17.3. The van der Waals surface area contributed by atoms with Crippen LogP contribution in [0.1, 0.15) is 27.2 Å². The topological polar surface area (TPSA) is 62.4 Å². The maximum Gasteiger partial charge on any atom is 0.260 e. The van der Waals surface area contributed by atoms with E-state index in [1.54, 1.807) is 48.5 Å². The van der Waals surface area contributed by atoms with E-state index in [-0.39, 0.29) is 18.3 Å². The van der Waals surface area contributed by atoms with E-state index < -0.39 is 0 Å². The largest absolute Gasteiger partial charge is 0.484 e. The van der Waals surface area contributed by atoms with Gasteiger partial charge < -0.3 is 14.6 Å². The molecule has 0 unspecified atom stereocenters. The number of carbonyl (C=O) groups excluding carboxylic acids is 2. The summed E-state index contributed by atoms with van der Waals surface area (Å²) in [6.45, 7) is 1.20. The van der Waals surface area contributed by atoms with Crippen molar-refractivity contribution in [3.05, 3.63) is 100 Å². The molecule has 2 heterocycles. The molecule has 0 saturated carbocycles. The van der Waals surface area contributed by atoms with Gasteiger partial charge in [-0.2, -0.15) is 0 Å². The third-order valence-electron chi connectivity index (χ3n) is 5.82. The lowest BCUT2D eigenvalue weighted by atomic mass is 10.0. The third-order valence-corrected chi connectivity index (χ3v) is 6.07. The van der Waals surface area contributed by atoms with Crippen molar-refractivity contribution < 1.29 is 14.3 Å². The van der Waals surface area contributed by atoms with Crippen LogP contribution in [0.3, 0.4) is 0 Å². The van der Waals surface area contributed by atoms with Gasteiger partial charge >= 0.3 is 0 Å². The molecule has 0 bridgehead atoms. The van der Waals surface area contributed by atoms with Crippen molar-refractivity contribution in [2.45, 2.75) is 13.0 Å². The summed E-state index contributed by atoms with van der Waals surface area (Å²) in [5.74, 6) is 0.408. The molecule has 1 aliphatic heterocycles. The Balaban J connectivity index is 1.21. The Labute approximate surface area is 190 Å². The van der Waals surface area contributed by atoms with Gasteiger partial charge in [-0.25, -0.2) is 0 Å². The van der Waals surface area contributed by atoms with Crippen molar-refractivity contribution >= 4 is 34.2 Å². The quantitative estimate of drug-likeness (QED) is 0.440. The summed E-state index contributed by atoms with van der Waals surface area (Å²) in [5.41, 5.74) is 4.62. The molecular formula is C26H21ClN2O3. The number of ether oxygens (including phenoxy) is 1. The Hall–Kier alpha value is -3.57. The number of halogens is 1. The number of benzene rings is 3. The summed E-state index contributed by atoms with van der Waals surface area (Å²) in [6, 6.07) is 21.8. The van der Waals surface area contributed by atoms with Crippen molar-refractivity contribution in [3.8, 4) is 5.75 Å². The van der Waals surface area contributed by atoms with Crippen LogP contribution in [0.25, 0.3) is 10.9 Å². The maximum atomic E-state index is 12.8. The minimum Gasteiger partial charge on any atom is -0.484 e. The van der Waals surface area contributed by atoms with E-state index in [9.17, 15) is 9.59 Å². The highest BCUT2D eigenvalue weighted by Crippen LogP contribution is 2.27. The minimum absolute atomic E-state index is 0.0395. The van der Waals surface area contributed by atoms with E-state index in [1.165, 1.54) is 16.6 Å². The molecule has 6 heteroatoms. The van der Waals surface area contributed by atoms with E-state index in [0.29, 0.717) is 35.0 Å². The van der Waals surface area contributed by atoms with Gasteiger partial charge in [0.1, 0.15) is 5.75 Å². The summed E-state index contributed by atoms with van der Waals surface area (Å²) in [6.07, 6.45) is 0.803. The fourth-order valence-electron chi connectivity index (χ4n) is 4.09. The number of carbonyl (C=O) groups is 2. The van der Waals surface area contributed by atoms with Crippen LogP contribution >= 0.6 is 11.6 Å². The fraction of sp³-hybridized carbons (Fsp3) is 0.154. The first-order chi connectivity index (χ1) is 15.6. The zero-order valence-corrected chi connectivity index (χ0v) is 18.1. The van der Waals surface area contributed by atoms with E-state index in [4.69, 9.17) is 16.3 Å². The van der Waals surface area contributed by atoms with Crippen LogP contribution in [0.15, 0.2) is 72.8 Å². The molecule has 160 valence electrons. The number of amides is 1. The first kappa shape index (κ1) is 20.3. The van der Waals surface area contributed by atoms with Crippen LogP contribution in [0.2, 0.25) is 5.02 Å². The molecule has 5 rings (SSSR count). The third kappa shape index (κ3) is 3.99. The van der Waals surface area contributed by atoms with Gasteiger partial charge in [0.15, 0.2) is 12.4 Å². The molecule has 0 aliphatic carbocycles. The number of aromatic amines is 1. The van der Waals surface area contributed by atoms with Gasteiger partial charge in [0.05, 0.1) is 0 Å². The number of hydrogen-bond acceptors (Lipinski definition) is 3. The number of aromatic nitrogens is 1. The molecule has 5 nitrogen and oxygen atoms in total. The highest BCUT2D eigenvalue weighted by Gasteiger charge is 2.24. The molecule has 3 aromatic carbocycles. The van der Waals surface area contributed by atoms with Crippen LogP contribution in [-0.2, 0) is 17.8 Å². The predicted molar refractivity (Wildman–Crippen MR) is 124 cm³/mol. The monoisotopic (exact) mass is 444 g/mol. The van der Waals surface area contributed by atoms with Crippen LogP contribution in [0.4, 0.5) is 0 Å². The van der Waals surface area contributed by atoms with Gasteiger partial charge in [-0.1, -0.05) is 29.8 Å². The van der Waals surface area contributed by atoms with Crippen LogP contribution in [0.5, 0.6) is 5.75 Å². The van der Waals surface area contributed by atoms with Crippen LogP contribution < -0.4 is 4.74 Å². The highest BCUT2D eigenvalue weighted by molar-refractivity contribution is 6.30.